The Morgan fingerprint density at radius 1 is 1.00 bits per heavy atom. The van der Waals surface area contributed by atoms with Crippen molar-refractivity contribution in [2.45, 2.75) is 32.7 Å². The summed E-state index contributed by atoms with van der Waals surface area (Å²) in [5.74, 6) is 0.788. The average Bonchev–Trinajstić information content (AvgIpc) is 3.32. The van der Waals surface area contributed by atoms with Gasteiger partial charge in [-0.2, -0.15) is 0 Å². The van der Waals surface area contributed by atoms with Crippen LogP contribution >= 0.6 is 0 Å². The first kappa shape index (κ1) is 19.5. The van der Waals surface area contributed by atoms with E-state index in [2.05, 4.69) is 30.5 Å². The molecule has 0 N–H and O–H groups in total. The Hall–Kier alpha value is -3.47. The van der Waals surface area contributed by atoms with Crippen molar-refractivity contribution in [3.05, 3.63) is 95.1 Å². The van der Waals surface area contributed by atoms with E-state index >= 15 is 0 Å². The molecule has 1 aliphatic heterocycles. The first-order valence-corrected chi connectivity index (χ1v) is 10.6. The van der Waals surface area contributed by atoms with E-state index in [1.165, 1.54) is 17.7 Å². The summed E-state index contributed by atoms with van der Waals surface area (Å²) in [6.07, 6.45) is 0.431. The van der Waals surface area contributed by atoms with Crippen molar-refractivity contribution in [1.82, 2.24) is 9.55 Å². The molecule has 31 heavy (non-hydrogen) atoms. The summed E-state index contributed by atoms with van der Waals surface area (Å²) in [4.78, 5) is 19.8. The Morgan fingerprint density at radius 2 is 1.77 bits per heavy atom. The minimum absolute atomic E-state index is 0.000241. The smallest absolute Gasteiger partial charge is 0.227 e. The number of halogens is 1. The van der Waals surface area contributed by atoms with Crippen molar-refractivity contribution in [3.63, 3.8) is 0 Å². The number of hydrogen-bond acceptors (Lipinski definition) is 2. The number of amides is 1. The number of para-hydroxylation sites is 2. The maximum Gasteiger partial charge on any atom is 0.227 e. The predicted molar refractivity (Wildman–Crippen MR) is 121 cm³/mol. The maximum absolute atomic E-state index is 13.4. The van der Waals surface area contributed by atoms with Gasteiger partial charge in [-0.1, -0.05) is 36.4 Å². The summed E-state index contributed by atoms with van der Waals surface area (Å²) in [6, 6.07) is 20.7. The summed E-state index contributed by atoms with van der Waals surface area (Å²) in [6.45, 7) is 5.33. The lowest BCUT2D eigenvalue weighted by molar-refractivity contribution is -0.117. The standard InChI is InChI=1S/C26H24FN3O/c1-17-6-5-9-23(18(17)2)29-16-20(14-25(29)31)26-28-22-7-3-4-8-24(22)30(26)15-19-10-12-21(27)13-11-19/h3-13,20H,14-16H2,1-2H3. The van der Waals surface area contributed by atoms with Crippen molar-refractivity contribution in [2.75, 3.05) is 11.4 Å². The molecule has 1 unspecified atom stereocenters. The van der Waals surface area contributed by atoms with Gasteiger partial charge in [0.25, 0.3) is 0 Å². The van der Waals surface area contributed by atoms with Crippen LogP contribution in [0.4, 0.5) is 10.1 Å². The second-order valence-corrected chi connectivity index (χ2v) is 8.30. The fourth-order valence-corrected chi connectivity index (χ4v) is 4.49. The molecule has 5 heteroatoms. The fraction of sp³-hybridized carbons (Fsp3) is 0.231. The lowest BCUT2D eigenvalue weighted by atomic mass is 10.1. The summed E-state index contributed by atoms with van der Waals surface area (Å²) in [7, 11) is 0. The molecule has 1 amide bonds. The molecule has 1 aromatic heterocycles. The van der Waals surface area contributed by atoms with Crippen LogP contribution in [0.15, 0.2) is 66.7 Å². The highest BCUT2D eigenvalue weighted by molar-refractivity contribution is 5.97. The second kappa shape index (κ2) is 7.65. The number of rotatable bonds is 4. The molecule has 0 radical (unpaired) electrons. The van der Waals surface area contributed by atoms with Crippen LogP contribution in [0.1, 0.15) is 34.9 Å². The van der Waals surface area contributed by atoms with Gasteiger partial charge < -0.3 is 9.47 Å². The molecule has 1 saturated heterocycles. The summed E-state index contributed by atoms with van der Waals surface area (Å²) in [5, 5.41) is 0. The van der Waals surface area contributed by atoms with E-state index in [4.69, 9.17) is 4.98 Å². The van der Waals surface area contributed by atoms with Crippen molar-refractivity contribution >= 4 is 22.6 Å². The zero-order chi connectivity index (χ0) is 21.5. The molecule has 4 aromatic rings. The number of carbonyl (C=O) groups is 1. The number of nitrogens with zero attached hydrogens (tertiary/aromatic N) is 3. The Labute approximate surface area is 181 Å². The third-order valence-electron chi connectivity index (χ3n) is 6.30. The molecular weight excluding hydrogens is 389 g/mol. The monoisotopic (exact) mass is 413 g/mol. The number of aromatic nitrogens is 2. The van der Waals surface area contributed by atoms with Gasteiger partial charge in [0.1, 0.15) is 11.6 Å². The number of hydrogen-bond donors (Lipinski definition) is 0. The Balaban J connectivity index is 1.53. The third-order valence-corrected chi connectivity index (χ3v) is 6.30. The average molecular weight is 413 g/mol. The van der Waals surface area contributed by atoms with Crippen LogP contribution in [0.2, 0.25) is 0 Å². The molecule has 156 valence electrons. The van der Waals surface area contributed by atoms with Crippen LogP contribution in [0, 0.1) is 19.7 Å². The number of imidazole rings is 1. The number of fused-ring (bicyclic) bond motifs is 1. The lowest BCUT2D eigenvalue weighted by Gasteiger charge is -2.20. The van der Waals surface area contributed by atoms with Gasteiger partial charge in [0.2, 0.25) is 5.91 Å². The van der Waals surface area contributed by atoms with Crippen LogP contribution in [-0.2, 0) is 11.3 Å². The SMILES string of the molecule is Cc1cccc(N2CC(c3nc4ccccc4n3Cc3ccc(F)cc3)CC2=O)c1C. The molecule has 0 saturated carbocycles. The van der Waals surface area contributed by atoms with Gasteiger partial charge in [0, 0.05) is 31.1 Å². The highest BCUT2D eigenvalue weighted by Crippen LogP contribution is 2.35. The molecule has 4 nitrogen and oxygen atoms in total. The number of aryl methyl sites for hydroxylation is 1. The normalized spacial score (nSPS) is 16.4. The van der Waals surface area contributed by atoms with Gasteiger partial charge in [0.05, 0.1) is 11.0 Å². The molecule has 1 atom stereocenters. The van der Waals surface area contributed by atoms with Crippen molar-refractivity contribution in [3.8, 4) is 0 Å². The third kappa shape index (κ3) is 3.50. The quantitative estimate of drug-likeness (QED) is 0.452. The summed E-state index contributed by atoms with van der Waals surface area (Å²) >= 11 is 0. The molecule has 5 rings (SSSR count). The Kier molecular flexibility index (Phi) is 4.81. The Morgan fingerprint density at radius 3 is 2.58 bits per heavy atom. The second-order valence-electron chi connectivity index (χ2n) is 8.30. The van der Waals surface area contributed by atoms with Gasteiger partial charge in [-0.25, -0.2) is 9.37 Å². The molecule has 0 bridgehead atoms. The van der Waals surface area contributed by atoms with Crippen LogP contribution in [0.5, 0.6) is 0 Å². The molecule has 0 aliphatic carbocycles. The summed E-state index contributed by atoms with van der Waals surface area (Å²) < 4.78 is 15.6. The maximum atomic E-state index is 13.4. The van der Waals surface area contributed by atoms with Crippen LogP contribution in [0.3, 0.4) is 0 Å². The molecule has 1 aliphatic rings. The number of benzene rings is 3. The molecule has 0 spiro atoms. The van der Waals surface area contributed by atoms with E-state index in [0.29, 0.717) is 19.5 Å². The topological polar surface area (TPSA) is 38.1 Å². The summed E-state index contributed by atoms with van der Waals surface area (Å²) in [5.41, 5.74) is 6.24. The van der Waals surface area contributed by atoms with E-state index in [1.807, 2.05) is 35.2 Å². The fourth-order valence-electron chi connectivity index (χ4n) is 4.49. The number of carbonyl (C=O) groups excluding carboxylic acids is 1. The molecule has 3 aromatic carbocycles. The highest BCUT2D eigenvalue weighted by Gasteiger charge is 2.35. The van der Waals surface area contributed by atoms with E-state index in [-0.39, 0.29) is 17.6 Å². The lowest BCUT2D eigenvalue weighted by Crippen LogP contribution is -2.25. The molecular formula is C26H24FN3O. The van der Waals surface area contributed by atoms with Gasteiger partial charge in [0.15, 0.2) is 0 Å². The van der Waals surface area contributed by atoms with Gasteiger partial charge in [-0.15, -0.1) is 0 Å². The van der Waals surface area contributed by atoms with Crippen LogP contribution in [-0.4, -0.2) is 22.0 Å². The zero-order valence-electron chi connectivity index (χ0n) is 17.7. The van der Waals surface area contributed by atoms with Gasteiger partial charge in [-0.05, 0) is 60.9 Å². The molecule has 1 fully saturated rings. The minimum Gasteiger partial charge on any atom is -0.323 e. The van der Waals surface area contributed by atoms with Crippen molar-refractivity contribution in [2.24, 2.45) is 0 Å². The van der Waals surface area contributed by atoms with E-state index in [1.54, 1.807) is 12.1 Å². The van der Waals surface area contributed by atoms with Crippen LogP contribution in [0.25, 0.3) is 11.0 Å². The zero-order valence-corrected chi connectivity index (χ0v) is 17.7. The van der Waals surface area contributed by atoms with E-state index < -0.39 is 0 Å². The van der Waals surface area contributed by atoms with E-state index in [0.717, 1.165) is 33.7 Å². The largest absolute Gasteiger partial charge is 0.323 e. The van der Waals surface area contributed by atoms with Crippen molar-refractivity contribution < 1.29 is 9.18 Å². The van der Waals surface area contributed by atoms with Gasteiger partial charge >= 0.3 is 0 Å². The van der Waals surface area contributed by atoms with Crippen LogP contribution < -0.4 is 4.90 Å². The van der Waals surface area contributed by atoms with Gasteiger partial charge in [-0.3, -0.25) is 4.79 Å². The first-order chi connectivity index (χ1) is 15.0. The predicted octanol–water partition coefficient (Wildman–Crippen LogP) is 5.36. The minimum atomic E-state index is -0.245. The Bertz CT molecular complexity index is 1280. The highest BCUT2D eigenvalue weighted by atomic mass is 19.1. The molecule has 2 heterocycles. The van der Waals surface area contributed by atoms with E-state index in [9.17, 15) is 9.18 Å². The first-order valence-electron chi connectivity index (χ1n) is 10.6. The van der Waals surface area contributed by atoms with Crippen molar-refractivity contribution in [1.29, 1.82) is 0 Å². The number of anilines is 1.